The van der Waals surface area contributed by atoms with Crippen molar-refractivity contribution in [3.05, 3.63) is 46.6 Å². The van der Waals surface area contributed by atoms with E-state index in [9.17, 15) is 4.79 Å². The third-order valence-corrected chi connectivity index (χ3v) is 4.23. The summed E-state index contributed by atoms with van der Waals surface area (Å²) in [6.07, 6.45) is 1.49. The van der Waals surface area contributed by atoms with E-state index in [4.69, 9.17) is 21.1 Å². The van der Waals surface area contributed by atoms with Crippen molar-refractivity contribution >= 4 is 44.8 Å². The molecule has 1 N–H and O–H groups in total. The van der Waals surface area contributed by atoms with Crippen LogP contribution in [0.4, 0.5) is 0 Å². The van der Waals surface area contributed by atoms with Crippen LogP contribution in [0.3, 0.4) is 0 Å². The molecule has 0 radical (unpaired) electrons. The molecule has 5 nitrogen and oxygen atoms in total. The summed E-state index contributed by atoms with van der Waals surface area (Å²) in [6.45, 7) is 0. The lowest BCUT2D eigenvalue weighted by molar-refractivity contribution is 0.0691. The van der Waals surface area contributed by atoms with Crippen molar-refractivity contribution in [3.8, 4) is 11.5 Å². The molecule has 0 aliphatic carbocycles. The lowest BCUT2D eigenvalue weighted by Gasteiger charge is -1.92. The monoisotopic (exact) mass is 318 g/mol. The van der Waals surface area contributed by atoms with Crippen molar-refractivity contribution in [2.45, 2.75) is 0 Å². The number of fused-ring (bicyclic) bond motifs is 2. The third-order valence-electron chi connectivity index (χ3n) is 3.16. The first-order valence-electron chi connectivity index (χ1n) is 6.01. The number of aromatic nitrogens is 2. The average molecular weight is 319 g/mol. The quantitative estimate of drug-likeness (QED) is 0.602. The number of hydrogen-bond donors (Lipinski definition) is 1. The van der Waals surface area contributed by atoms with Gasteiger partial charge in [-0.25, -0.2) is 9.78 Å². The van der Waals surface area contributed by atoms with Crippen molar-refractivity contribution in [1.29, 1.82) is 0 Å². The van der Waals surface area contributed by atoms with Gasteiger partial charge in [0, 0.05) is 22.0 Å². The van der Waals surface area contributed by atoms with Crippen LogP contribution >= 0.6 is 22.9 Å². The molecule has 3 heterocycles. The standard InChI is InChI=1S/C14H7ClN2O3S/c15-8-1-2-11-7(3-8)4-12(20-11)10-6-21-14-16-9(13(18)19)5-17(10)14/h1-6H,(H,18,19). The van der Waals surface area contributed by atoms with E-state index in [1.54, 1.807) is 16.5 Å². The largest absolute Gasteiger partial charge is 0.476 e. The summed E-state index contributed by atoms with van der Waals surface area (Å²) < 4.78 is 7.51. The SMILES string of the molecule is O=C(O)c1cn2c(-c3cc4cc(Cl)ccc4o3)csc2n1. The molecule has 4 aromatic rings. The van der Waals surface area contributed by atoms with Gasteiger partial charge in [-0.3, -0.25) is 4.40 Å². The van der Waals surface area contributed by atoms with Crippen LogP contribution in [0.25, 0.3) is 27.4 Å². The highest BCUT2D eigenvalue weighted by molar-refractivity contribution is 7.15. The molecular formula is C14H7ClN2O3S. The fourth-order valence-electron chi connectivity index (χ4n) is 2.20. The number of benzene rings is 1. The highest BCUT2D eigenvalue weighted by atomic mass is 35.5. The Bertz CT molecular complexity index is 998. The summed E-state index contributed by atoms with van der Waals surface area (Å²) in [5, 5.41) is 12.4. The second-order valence-electron chi connectivity index (χ2n) is 4.50. The number of aromatic carboxylic acids is 1. The Morgan fingerprint density at radius 1 is 1.38 bits per heavy atom. The molecule has 0 aliphatic rings. The predicted octanol–water partition coefficient (Wildman–Crippen LogP) is 4.16. The van der Waals surface area contributed by atoms with Gasteiger partial charge < -0.3 is 9.52 Å². The smallest absolute Gasteiger partial charge is 0.356 e. The molecule has 0 aliphatic heterocycles. The van der Waals surface area contributed by atoms with Crippen molar-refractivity contribution < 1.29 is 14.3 Å². The zero-order valence-corrected chi connectivity index (χ0v) is 12.0. The molecule has 0 bridgehead atoms. The Labute approximate surface area is 127 Å². The van der Waals surface area contributed by atoms with Crippen LogP contribution in [-0.2, 0) is 0 Å². The fourth-order valence-corrected chi connectivity index (χ4v) is 3.25. The van der Waals surface area contributed by atoms with Crippen LogP contribution in [-0.4, -0.2) is 20.5 Å². The number of thiazole rings is 1. The Morgan fingerprint density at radius 3 is 3.05 bits per heavy atom. The van der Waals surface area contributed by atoms with E-state index in [0.29, 0.717) is 15.7 Å². The summed E-state index contributed by atoms with van der Waals surface area (Å²) in [5.41, 5.74) is 1.51. The van der Waals surface area contributed by atoms with E-state index in [1.807, 2.05) is 17.5 Å². The first kappa shape index (κ1) is 12.4. The van der Waals surface area contributed by atoms with Crippen LogP contribution in [0.15, 0.2) is 40.3 Å². The molecule has 0 fully saturated rings. The number of hydrogen-bond acceptors (Lipinski definition) is 4. The minimum absolute atomic E-state index is 0.0160. The van der Waals surface area contributed by atoms with Crippen LogP contribution in [0.1, 0.15) is 10.5 Å². The molecule has 0 saturated carbocycles. The van der Waals surface area contributed by atoms with Gasteiger partial charge in [-0.1, -0.05) is 11.6 Å². The second-order valence-corrected chi connectivity index (χ2v) is 5.77. The van der Waals surface area contributed by atoms with E-state index in [-0.39, 0.29) is 5.69 Å². The fraction of sp³-hybridized carbons (Fsp3) is 0. The first-order valence-corrected chi connectivity index (χ1v) is 7.27. The molecule has 0 unspecified atom stereocenters. The van der Waals surface area contributed by atoms with Crippen molar-refractivity contribution in [2.75, 3.05) is 0 Å². The summed E-state index contributed by atoms with van der Waals surface area (Å²) in [4.78, 5) is 15.6. The zero-order chi connectivity index (χ0) is 14.6. The van der Waals surface area contributed by atoms with Crippen LogP contribution in [0, 0.1) is 0 Å². The number of carbonyl (C=O) groups is 1. The second kappa shape index (κ2) is 4.34. The summed E-state index contributed by atoms with van der Waals surface area (Å²) in [6, 6.07) is 7.27. The molecule has 21 heavy (non-hydrogen) atoms. The number of carboxylic acids is 1. The Morgan fingerprint density at radius 2 is 2.24 bits per heavy atom. The number of rotatable bonds is 2. The molecule has 0 saturated heterocycles. The van der Waals surface area contributed by atoms with E-state index in [0.717, 1.165) is 16.7 Å². The molecule has 1 aromatic carbocycles. The molecular weight excluding hydrogens is 312 g/mol. The molecule has 0 spiro atoms. The topological polar surface area (TPSA) is 67.7 Å². The first-order chi connectivity index (χ1) is 10.1. The van der Waals surface area contributed by atoms with Gasteiger partial charge in [-0.15, -0.1) is 11.3 Å². The van der Waals surface area contributed by atoms with Crippen molar-refractivity contribution in [2.24, 2.45) is 0 Å². The van der Waals surface area contributed by atoms with E-state index in [2.05, 4.69) is 4.98 Å². The highest BCUT2D eigenvalue weighted by Crippen LogP contribution is 2.32. The normalized spacial score (nSPS) is 11.5. The Balaban J connectivity index is 1.92. The Kier molecular flexibility index (Phi) is 2.57. The summed E-state index contributed by atoms with van der Waals surface area (Å²) in [7, 11) is 0. The predicted molar refractivity (Wildman–Crippen MR) is 80.2 cm³/mol. The number of imidazole rings is 1. The van der Waals surface area contributed by atoms with Gasteiger partial charge >= 0.3 is 5.97 Å². The van der Waals surface area contributed by atoms with Crippen molar-refractivity contribution in [1.82, 2.24) is 9.38 Å². The lowest BCUT2D eigenvalue weighted by Crippen LogP contribution is -1.95. The van der Waals surface area contributed by atoms with Gasteiger partial charge in [0.2, 0.25) is 0 Å². The Hall–Kier alpha value is -2.31. The van der Waals surface area contributed by atoms with Gasteiger partial charge in [0.05, 0.1) is 0 Å². The molecule has 0 atom stereocenters. The van der Waals surface area contributed by atoms with Crippen molar-refractivity contribution in [3.63, 3.8) is 0 Å². The maximum Gasteiger partial charge on any atom is 0.356 e. The lowest BCUT2D eigenvalue weighted by atomic mass is 10.2. The van der Waals surface area contributed by atoms with E-state index < -0.39 is 5.97 Å². The van der Waals surface area contributed by atoms with Gasteiger partial charge in [0.25, 0.3) is 0 Å². The van der Waals surface area contributed by atoms with Crippen LogP contribution in [0.5, 0.6) is 0 Å². The number of halogens is 1. The number of carboxylic acid groups (broad SMARTS) is 1. The van der Waals surface area contributed by atoms with Gasteiger partial charge in [0.15, 0.2) is 16.4 Å². The minimum atomic E-state index is -1.05. The maximum absolute atomic E-state index is 11.0. The summed E-state index contributed by atoms with van der Waals surface area (Å²) in [5.74, 6) is -0.402. The molecule has 104 valence electrons. The molecule has 4 rings (SSSR count). The molecule has 7 heteroatoms. The maximum atomic E-state index is 11.0. The van der Waals surface area contributed by atoms with Gasteiger partial charge in [-0.2, -0.15) is 0 Å². The van der Waals surface area contributed by atoms with Gasteiger partial charge in [-0.05, 0) is 24.3 Å². The average Bonchev–Trinajstić information content (AvgIpc) is 3.09. The van der Waals surface area contributed by atoms with Crippen LogP contribution < -0.4 is 0 Å². The summed E-state index contributed by atoms with van der Waals surface area (Å²) >= 11 is 7.33. The molecule has 0 amide bonds. The highest BCUT2D eigenvalue weighted by Gasteiger charge is 2.16. The van der Waals surface area contributed by atoms with Gasteiger partial charge in [0.1, 0.15) is 11.3 Å². The number of nitrogens with zero attached hydrogens (tertiary/aromatic N) is 2. The third kappa shape index (κ3) is 1.91. The zero-order valence-electron chi connectivity index (χ0n) is 10.4. The van der Waals surface area contributed by atoms with Crippen LogP contribution in [0.2, 0.25) is 5.02 Å². The van der Waals surface area contributed by atoms with E-state index >= 15 is 0 Å². The van der Waals surface area contributed by atoms with E-state index in [1.165, 1.54) is 17.5 Å². The minimum Gasteiger partial charge on any atom is -0.476 e. The number of furan rings is 1. The molecule has 3 aromatic heterocycles.